The number of guanidine groups is 1. The molecule has 6 nitrogen and oxygen atoms in total. The fraction of sp³-hybridized carbons (Fsp3) is 0.857. The Morgan fingerprint density at radius 2 is 2.00 bits per heavy atom. The second-order valence-electron chi connectivity index (χ2n) is 5.97. The number of likely N-dealkylation sites (tertiary alicyclic amines) is 1. The van der Waals surface area contributed by atoms with Crippen LogP contribution in [0.3, 0.4) is 0 Å². The Hall–Kier alpha value is -1.30. The zero-order chi connectivity index (χ0) is 15.2. The molecule has 20 heavy (non-hydrogen) atoms. The lowest BCUT2D eigenvalue weighted by Crippen LogP contribution is -2.46. The van der Waals surface area contributed by atoms with Gasteiger partial charge >= 0.3 is 5.97 Å². The number of nitrogens with zero attached hydrogens (tertiary/aromatic N) is 2. The SMILES string of the molecule is CCNC(=NCC(=O)OC(C)(C)C)N1CCC(O)CC1. The van der Waals surface area contributed by atoms with Gasteiger partial charge in [-0.25, -0.2) is 4.99 Å². The molecule has 0 aromatic rings. The van der Waals surface area contributed by atoms with Crippen molar-refractivity contribution in [3.8, 4) is 0 Å². The number of aliphatic imine (C=N–C) groups is 1. The van der Waals surface area contributed by atoms with Gasteiger partial charge in [0, 0.05) is 19.6 Å². The molecular weight excluding hydrogens is 258 g/mol. The fourth-order valence-electron chi connectivity index (χ4n) is 2.02. The van der Waals surface area contributed by atoms with Crippen LogP contribution in [0.2, 0.25) is 0 Å². The Morgan fingerprint density at radius 1 is 1.40 bits per heavy atom. The number of carbonyl (C=O) groups excluding carboxylic acids is 1. The molecular formula is C14H27N3O3. The quantitative estimate of drug-likeness (QED) is 0.455. The summed E-state index contributed by atoms with van der Waals surface area (Å²) in [7, 11) is 0. The van der Waals surface area contributed by atoms with Crippen molar-refractivity contribution in [3.05, 3.63) is 0 Å². The van der Waals surface area contributed by atoms with Gasteiger partial charge in [0.05, 0.1) is 6.10 Å². The molecule has 116 valence electrons. The van der Waals surface area contributed by atoms with Gasteiger partial charge < -0.3 is 20.1 Å². The maximum absolute atomic E-state index is 11.7. The lowest BCUT2D eigenvalue weighted by molar-refractivity contribution is -0.152. The minimum Gasteiger partial charge on any atom is -0.459 e. The van der Waals surface area contributed by atoms with Crippen LogP contribution in [0.5, 0.6) is 0 Å². The van der Waals surface area contributed by atoms with E-state index in [1.54, 1.807) is 0 Å². The highest BCUT2D eigenvalue weighted by atomic mass is 16.6. The average Bonchev–Trinajstić information content (AvgIpc) is 2.33. The second-order valence-corrected chi connectivity index (χ2v) is 5.97. The molecule has 0 aliphatic carbocycles. The predicted molar refractivity (Wildman–Crippen MR) is 78.6 cm³/mol. The third-order valence-corrected chi connectivity index (χ3v) is 2.88. The number of hydrogen-bond acceptors (Lipinski definition) is 4. The summed E-state index contributed by atoms with van der Waals surface area (Å²) in [5.74, 6) is 0.384. The molecule has 1 rings (SSSR count). The van der Waals surface area contributed by atoms with Gasteiger partial charge in [0.1, 0.15) is 12.1 Å². The van der Waals surface area contributed by atoms with E-state index in [1.807, 2.05) is 27.7 Å². The van der Waals surface area contributed by atoms with E-state index < -0.39 is 5.60 Å². The molecule has 0 spiro atoms. The number of nitrogens with one attached hydrogen (secondary N) is 1. The standard InChI is InChI=1S/C14H27N3O3/c1-5-15-13(17-8-6-11(18)7-9-17)16-10-12(19)20-14(2,3)4/h11,18H,5-10H2,1-4H3,(H,15,16). The molecule has 0 radical (unpaired) electrons. The van der Waals surface area contributed by atoms with Crippen molar-refractivity contribution < 1.29 is 14.6 Å². The molecule has 0 bridgehead atoms. The van der Waals surface area contributed by atoms with Crippen LogP contribution in [-0.2, 0) is 9.53 Å². The zero-order valence-electron chi connectivity index (χ0n) is 13.0. The van der Waals surface area contributed by atoms with E-state index in [4.69, 9.17) is 4.74 Å². The Balaban J connectivity index is 2.56. The summed E-state index contributed by atoms with van der Waals surface area (Å²) in [5.41, 5.74) is -0.486. The minimum absolute atomic E-state index is 0.0126. The molecule has 1 saturated heterocycles. The third-order valence-electron chi connectivity index (χ3n) is 2.88. The summed E-state index contributed by atoms with van der Waals surface area (Å²) in [6.07, 6.45) is 1.24. The molecule has 0 saturated carbocycles. The largest absolute Gasteiger partial charge is 0.459 e. The first-order valence-corrected chi connectivity index (χ1v) is 7.25. The van der Waals surface area contributed by atoms with Crippen molar-refractivity contribution in [1.29, 1.82) is 0 Å². The van der Waals surface area contributed by atoms with Crippen LogP contribution in [0.25, 0.3) is 0 Å². The van der Waals surface area contributed by atoms with Crippen LogP contribution in [0, 0.1) is 0 Å². The average molecular weight is 285 g/mol. The van der Waals surface area contributed by atoms with Crippen molar-refractivity contribution in [2.75, 3.05) is 26.2 Å². The van der Waals surface area contributed by atoms with E-state index >= 15 is 0 Å². The highest BCUT2D eigenvalue weighted by Gasteiger charge is 2.20. The van der Waals surface area contributed by atoms with Crippen LogP contribution in [0.15, 0.2) is 4.99 Å². The summed E-state index contributed by atoms with van der Waals surface area (Å²) in [6.45, 7) is 9.76. The predicted octanol–water partition coefficient (Wildman–Crippen LogP) is 0.750. The summed E-state index contributed by atoms with van der Waals surface area (Å²) in [5, 5.41) is 12.7. The Morgan fingerprint density at radius 3 is 2.50 bits per heavy atom. The Kier molecular flexibility index (Phi) is 6.26. The molecule has 6 heteroatoms. The number of carbonyl (C=O) groups is 1. The second kappa shape index (κ2) is 7.47. The lowest BCUT2D eigenvalue weighted by Gasteiger charge is -2.32. The number of aliphatic hydroxyl groups excluding tert-OH is 1. The van der Waals surface area contributed by atoms with E-state index in [9.17, 15) is 9.90 Å². The summed E-state index contributed by atoms with van der Waals surface area (Å²) < 4.78 is 5.24. The number of aliphatic hydroxyl groups is 1. The maximum atomic E-state index is 11.7. The highest BCUT2D eigenvalue weighted by molar-refractivity contribution is 5.83. The van der Waals surface area contributed by atoms with Crippen LogP contribution in [0.1, 0.15) is 40.5 Å². The fourth-order valence-corrected chi connectivity index (χ4v) is 2.02. The van der Waals surface area contributed by atoms with E-state index in [0.717, 1.165) is 32.5 Å². The molecule has 0 amide bonds. The summed E-state index contributed by atoms with van der Waals surface area (Å²) in [4.78, 5) is 18.1. The van der Waals surface area contributed by atoms with Crippen LogP contribution in [0.4, 0.5) is 0 Å². The van der Waals surface area contributed by atoms with Gasteiger partial charge in [-0.1, -0.05) is 0 Å². The van der Waals surface area contributed by atoms with Gasteiger partial charge in [-0.15, -0.1) is 0 Å². The van der Waals surface area contributed by atoms with Gasteiger partial charge in [0.25, 0.3) is 0 Å². The van der Waals surface area contributed by atoms with Gasteiger partial charge in [0.2, 0.25) is 0 Å². The minimum atomic E-state index is -0.486. The molecule has 0 aromatic heterocycles. The molecule has 1 fully saturated rings. The van der Waals surface area contributed by atoms with Crippen LogP contribution in [-0.4, -0.2) is 59.8 Å². The molecule has 1 aliphatic rings. The maximum Gasteiger partial charge on any atom is 0.328 e. The molecule has 0 aromatic carbocycles. The molecule has 2 N–H and O–H groups in total. The van der Waals surface area contributed by atoms with Crippen LogP contribution < -0.4 is 5.32 Å². The van der Waals surface area contributed by atoms with Crippen LogP contribution >= 0.6 is 0 Å². The number of rotatable bonds is 3. The van der Waals surface area contributed by atoms with Gasteiger partial charge in [-0.2, -0.15) is 0 Å². The molecule has 0 atom stereocenters. The normalized spacial score (nSPS) is 18.1. The molecule has 1 aliphatic heterocycles. The first-order valence-electron chi connectivity index (χ1n) is 7.25. The van der Waals surface area contributed by atoms with Crippen molar-refractivity contribution in [2.45, 2.75) is 52.2 Å². The highest BCUT2D eigenvalue weighted by Crippen LogP contribution is 2.10. The van der Waals surface area contributed by atoms with Gasteiger partial charge in [-0.05, 0) is 40.5 Å². The lowest BCUT2D eigenvalue weighted by atomic mass is 10.1. The van der Waals surface area contributed by atoms with Gasteiger partial charge in [-0.3, -0.25) is 4.79 Å². The van der Waals surface area contributed by atoms with Crippen molar-refractivity contribution in [3.63, 3.8) is 0 Å². The van der Waals surface area contributed by atoms with Crippen molar-refractivity contribution in [1.82, 2.24) is 10.2 Å². The number of esters is 1. The van der Waals surface area contributed by atoms with Crippen molar-refractivity contribution >= 4 is 11.9 Å². The smallest absolute Gasteiger partial charge is 0.328 e. The number of ether oxygens (including phenoxy) is 1. The first-order chi connectivity index (χ1) is 9.31. The summed E-state index contributed by atoms with van der Waals surface area (Å²) in [6, 6.07) is 0. The van der Waals surface area contributed by atoms with Gasteiger partial charge in [0.15, 0.2) is 5.96 Å². The molecule has 1 heterocycles. The Bertz CT molecular complexity index is 342. The monoisotopic (exact) mass is 285 g/mol. The van der Waals surface area contributed by atoms with E-state index in [1.165, 1.54) is 0 Å². The molecule has 0 unspecified atom stereocenters. The van der Waals surface area contributed by atoms with E-state index in [2.05, 4.69) is 15.2 Å². The van der Waals surface area contributed by atoms with Crippen molar-refractivity contribution in [2.24, 2.45) is 4.99 Å². The zero-order valence-corrected chi connectivity index (χ0v) is 13.0. The van der Waals surface area contributed by atoms with E-state index in [-0.39, 0.29) is 18.6 Å². The number of piperidine rings is 1. The van der Waals surface area contributed by atoms with E-state index in [0.29, 0.717) is 5.96 Å². The first kappa shape index (κ1) is 16.8. The topological polar surface area (TPSA) is 74.2 Å². The summed E-state index contributed by atoms with van der Waals surface area (Å²) >= 11 is 0. The Labute approximate surface area is 121 Å². The number of hydrogen-bond donors (Lipinski definition) is 2. The third kappa shape index (κ3) is 6.23.